The molecule has 0 radical (unpaired) electrons. The van der Waals surface area contributed by atoms with E-state index in [1.807, 2.05) is 13.8 Å². The zero-order chi connectivity index (χ0) is 8.27. The van der Waals surface area contributed by atoms with Gasteiger partial charge in [0.2, 0.25) is 0 Å². The molecule has 0 amide bonds. The van der Waals surface area contributed by atoms with E-state index in [4.69, 9.17) is 0 Å². The van der Waals surface area contributed by atoms with Crippen LogP contribution in [0.3, 0.4) is 0 Å². The van der Waals surface area contributed by atoms with Gasteiger partial charge in [0.15, 0.2) is 0 Å². The molecule has 1 N–H and O–H groups in total. The molecule has 64 valence electrons. The fraction of sp³-hybridized carbons (Fsp3) is 0.800. The molecular weight excluding hydrogens is 134 g/mol. The first-order valence-electron chi connectivity index (χ1n) is 4.78. The summed E-state index contributed by atoms with van der Waals surface area (Å²) in [5.41, 5.74) is 1.58. The summed E-state index contributed by atoms with van der Waals surface area (Å²) in [5, 5.41) is 3.54. The van der Waals surface area contributed by atoms with Gasteiger partial charge in [-0.25, -0.2) is 0 Å². The maximum atomic E-state index is 3.54. The van der Waals surface area contributed by atoms with E-state index >= 15 is 0 Å². The van der Waals surface area contributed by atoms with Gasteiger partial charge in [-0.2, -0.15) is 0 Å². The molecule has 0 aromatic carbocycles. The summed E-state index contributed by atoms with van der Waals surface area (Å²) in [4.78, 5) is 0. The second-order valence-corrected chi connectivity index (χ2v) is 3.26. The van der Waals surface area contributed by atoms with Crippen molar-refractivity contribution in [1.29, 1.82) is 0 Å². The summed E-state index contributed by atoms with van der Waals surface area (Å²) >= 11 is 0. The Morgan fingerprint density at radius 3 is 2.73 bits per heavy atom. The van der Waals surface area contributed by atoms with Crippen LogP contribution in [0.25, 0.3) is 0 Å². The molecule has 2 aliphatic heterocycles. The van der Waals surface area contributed by atoms with Crippen LogP contribution in [0.4, 0.5) is 0 Å². The summed E-state index contributed by atoms with van der Waals surface area (Å²) < 4.78 is 0. The van der Waals surface area contributed by atoms with E-state index in [0.29, 0.717) is 0 Å². The highest BCUT2D eigenvalue weighted by Gasteiger charge is 2.25. The zero-order valence-electron chi connectivity index (χ0n) is 7.85. The minimum Gasteiger partial charge on any atom is -0.307 e. The Balaban J connectivity index is 0.000000281. The molecule has 2 aliphatic rings. The Bertz CT molecular complexity index is 149. The van der Waals surface area contributed by atoms with E-state index in [9.17, 15) is 0 Å². The SMILES string of the molecule is CC.CC1=CC2CCC(C1)N2. The van der Waals surface area contributed by atoms with Gasteiger partial charge in [-0.05, 0) is 26.2 Å². The van der Waals surface area contributed by atoms with Crippen molar-refractivity contribution in [3.8, 4) is 0 Å². The first-order chi connectivity index (χ1) is 5.34. The largest absolute Gasteiger partial charge is 0.307 e. The van der Waals surface area contributed by atoms with Crippen molar-refractivity contribution in [3.05, 3.63) is 11.6 Å². The van der Waals surface area contributed by atoms with Gasteiger partial charge in [-0.15, -0.1) is 0 Å². The molecule has 0 saturated carbocycles. The van der Waals surface area contributed by atoms with Gasteiger partial charge < -0.3 is 5.32 Å². The fourth-order valence-electron chi connectivity index (χ4n) is 1.94. The molecule has 2 atom stereocenters. The topological polar surface area (TPSA) is 12.0 Å². The molecule has 1 heteroatoms. The van der Waals surface area contributed by atoms with Gasteiger partial charge in [0.05, 0.1) is 0 Å². The van der Waals surface area contributed by atoms with Crippen LogP contribution < -0.4 is 5.32 Å². The van der Waals surface area contributed by atoms with Crippen molar-refractivity contribution in [2.75, 3.05) is 0 Å². The predicted octanol–water partition coefficient (Wildman–Crippen LogP) is 2.48. The van der Waals surface area contributed by atoms with Crippen molar-refractivity contribution in [3.63, 3.8) is 0 Å². The molecule has 11 heavy (non-hydrogen) atoms. The summed E-state index contributed by atoms with van der Waals surface area (Å²) in [6.45, 7) is 6.24. The lowest BCUT2D eigenvalue weighted by Gasteiger charge is -2.18. The summed E-state index contributed by atoms with van der Waals surface area (Å²) in [6, 6.07) is 1.55. The lowest BCUT2D eigenvalue weighted by atomic mass is 10.1. The summed E-state index contributed by atoms with van der Waals surface area (Å²) in [6.07, 6.45) is 6.42. The average Bonchev–Trinajstić information content (AvgIpc) is 2.35. The second-order valence-electron chi connectivity index (χ2n) is 3.26. The average molecular weight is 153 g/mol. The molecule has 0 aliphatic carbocycles. The monoisotopic (exact) mass is 153 g/mol. The first kappa shape index (κ1) is 8.79. The highest BCUT2D eigenvalue weighted by molar-refractivity contribution is 5.14. The van der Waals surface area contributed by atoms with Gasteiger partial charge in [0.1, 0.15) is 0 Å². The lowest BCUT2D eigenvalue weighted by Crippen LogP contribution is -2.31. The van der Waals surface area contributed by atoms with Crippen LogP contribution >= 0.6 is 0 Å². The number of hydrogen-bond donors (Lipinski definition) is 1. The Morgan fingerprint density at radius 2 is 2.09 bits per heavy atom. The molecule has 0 aromatic rings. The van der Waals surface area contributed by atoms with Gasteiger partial charge in [-0.1, -0.05) is 25.5 Å². The number of hydrogen-bond acceptors (Lipinski definition) is 1. The number of rotatable bonds is 0. The third-order valence-electron chi connectivity index (χ3n) is 2.33. The summed E-state index contributed by atoms with van der Waals surface area (Å²) in [5.74, 6) is 0. The molecule has 0 aromatic heterocycles. The maximum absolute atomic E-state index is 3.54. The molecule has 2 unspecified atom stereocenters. The Morgan fingerprint density at radius 1 is 1.36 bits per heavy atom. The van der Waals surface area contributed by atoms with Crippen LogP contribution in [0.15, 0.2) is 11.6 Å². The van der Waals surface area contributed by atoms with E-state index in [2.05, 4.69) is 18.3 Å². The molecule has 2 heterocycles. The molecule has 1 fully saturated rings. The fourth-order valence-corrected chi connectivity index (χ4v) is 1.94. The molecular formula is C10H19N. The quantitative estimate of drug-likeness (QED) is 0.527. The Hall–Kier alpha value is -0.300. The van der Waals surface area contributed by atoms with Crippen molar-refractivity contribution in [2.45, 2.75) is 52.1 Å². The van der Waals surface area contributed by atoms with Crippen molar-refractivity contribution >= 4 is 0 Å². The maximum Gasteiger partial charge on any atom is 0.0255 e. The van der Waals surface area contributed by atoms with Crippen molar-refractivity contribution < 1.29 is 0 Å². The van der Waals surface area contributed by atoms with Gasteiger partial charge >= 0.3 is 0 Å². The lowest BCUT2D eigenvalue weighted by molar-refractivity contribution is 0.549. The van der Waals surface area contributed by atoms with Crippen LogP contribution in [0.2, 0.25) is 0 Å². The summed E-state index contributed by atoms with van der Waals surface area (Å²) in [7, 11) is 0. The highest BCUT2D eigenvalue weighted by Crippen LogP contribution is 2.25. The van der Waals surface area contributed by atoms with Crippen LogP contribution in [-0.2, 0) is 0 Å². The number of fused-ring (bicyclic) bond motifs is 2. The third kappa shape index (κ3) is 2.06. The highest BCUT2D eigenvalue weighted by atomic mass is 15.0. The van der Waals surface area contributed by atoms with Crippen LogP contribution in [-0.4, -0.2) is 12.1 Å². The van der Waals surface area contributed by atoms with Gasteiger partial charge in [-0.3, -0.25) is 0 Å². The molecule has 2 bridgehead atoms. The van der Waals surface area contributed by atoms with E-state index in [0.717, 1.165) is 12.1 Å². The molecule has 1 nitrogen and oxygen atoms in total. The number of nitrogens with one attached hydrogen (secondary N) is 1. The second kappa shape index (κ2) is 3.91. The standard InChI is InChI=1S/C8H13N.C2H6/c1-6-4-7-2-3-8(5-6)9-7;1-2/h4,7-9H,2-3,5H2,1H3;1-2H3. The predicted molar refractivity (Wildman–Crippen MR) is 49.7 cm³/mol. The Labute approximate surface area is 69.9 Å². The Kier molecular flexibility index (Phi) is 3.13. The van der Waals surface area contributed by atoms with E-state index in [1.54, 1.807) is 5.57 Å². The van der Waals surface area contributed by atoms with E-state index in [1.165, 1.54) is 19.3 Å². The van der Waals surface area contributed by atoms with E-state index < -0.39 is 0 Å². The van der Waals surface area contributed by atoms with Gasteiger partial charge in [0.25, 0.3) is 0 Å². The minimum atomic E-state index is 0.726. The van der Waals surface area contributed by atoms with Crippen LogP contribution in [0.5, 0.6) is 0 Å². The van der Waals surface area contributed by atoms with Crippen molar-refractivity contribution in [1.82, 2.24) is 5.32 Å². The normalized spacial score (nSPS) is 33.9. The van der Waals surface area contributed by atoms with E-state index in [-0.39, 0.29) is 0 Å². The smallest absolute Gasteiger partial charge is 0.0255 e. The minimum absolute atomic E-state index is 0.726. The zero-order valence-corrected chi connectivity index (χ0v) is 7.85. The molecule has 1 saturated heterocycles. The van der Waals surface area contributed by atoms with Crippen molar-refractivity contribution in [2.24, 2.45) is 0 Å². The van der Waals surface area contributed by atoms with Gasteiger partial charge in [0, 0.05) is 12.1 Å². The van der Waals surface area contributed by atoms with Crippen LogP contribution in [0.1, 0.15) is 40.0 Å². The molecule has 0 spiro atoms. The first-order valence-corrected chi connectivity index (χ1v) is 4.78. The third-order valence-corrected chi connectivity index (χ3v) is 2.33. The molecule has 2 rings (SSSR count). The van der Waals surface area contributed by atoms with Crippen LogP contribution in [0, 0.1) is 0 Å².